The van der Waals surface area contributed by atoms with Gasteiger partial charge in [0.15, 0.2) is 0 Å². The van der Waals surface area contributed by atoms with Crippen molar-refractivity contribution in [3.8, 4) is 11.4 Å². The molecule has 0 aliphatic carbocycles. The van der Waals surface area contributed by atoms with Crippen LogP contribution < -0.4 is 4.57 Å². The van der Waals surface area contributed by atoms with E-state index >= 15 is 0 Å². The van der Waals surface area contributed by atoms with Crippen molar-refractivity contribution in [2.75, 3.05) is 0 Å². The van der Waals surface area contributed by atoms with Crippen molar-refractivity contribution in [1.82, 2.24) is 14.3 Å². The number of hydrogen-bond acceptors (Lipinski definition) is 1. The number of nitrogens with zero attached hydrogens (tertiary/aromatic N) is 4. The maximum atomic E-state index is 4.61. The Morgan fingerprint density at radius 2 is 1.95 bits per heavy atom. The van der Waals surface area contributed by atoms with Crippen molar-refractivity contribution >= 4 is 9.42 Å². The molecule has 2 aromatic heterocycles. The van der Waals surface area contributed by atoms with Gasteiger partial charge in [0.2, 0.25) is 6.33 Å². The number of hydrogen-bond donors (Lipinski definition) is 0. The van der Waals surface area contributed by atoms with Crippen molar-refractivity contribution in [3.05, 3.63) is 60.4 Å². The van der Waals surface area contributed by atoms with E-state index in [1.165, 1.54) is 0 Å². The van der Waals surface area contributed by atoms with Crippen molar-refractivity contribution in [2.24, 2.45) is 7.05 Å². The molecule has 21 heavy (non-hydrogen) atoms. The zero-order valence-corrected chi connectivity index (χ0v) is 15.0. The molecule has 0 aliphatic rings. The fourth-order valence-corrected chi connectivity index (χ4v) is 2.12. The van der Waals surface area contributed by atoms with E-state index in [1.807, 2.05) is 65.3 Å². The Hall–Kier alpha value is -1.38. The van der Waals surface area contributed by atoms with Gasteiger partial charge in [0.05, 0.1) is 12.7 Å². The number of imidazole rings is 1. The Morgan fingerprint density at radius 1 is 1.24 bits per heavy atom. The van der Waals surface area contributed by atoms with E-state index in [2.05, 4.69) is 33.0 Å². The summed E-state index contributed by atoms with van der Waals surface area (Å²) in [6.45, 7) is 4.04. The van der Waals surface area contributed by atoms with E-state index in [0.29, 0.717) is 0 Å². The Bertz CT molecular complexity index is 733. The Balaban J connectivity index is 0.000000774. The molecule has 6 heteroatoms. The molecule has 0 bridgehead atoms. The van der Waals surface area contributed by atoms with E-state index in [0.717, 1.165) is 22.8 Å². The van der Waals surface area contributed by atoms with Crippen molar-refractivity contribution in [3.63, 3.8) is 0 Å². The first-order valence-electron chi connectivity index (χ1n) is 6.28. The summed E-state index contributed by atoms with van der Waals surface area (Å²) in [5.74, 6) is 0. The predicted octanol–water partition coefficient (Wildman–Crippen LogP) is 2.39. The van der Waals surface area contributed by atoms with Gasteiger partial charge in [-0.05, 0) is 19.9 Å². The average Bonchev–Trinajstić information content (AvgIpc) is 3.07. The zero-order chi connectivity index (χ0) is 15.4. The topological polar surface area (TPSA) is 26.6 Å². The van der Waals surface area contributed by atoms with Gasteiger partial charge in [0, 0.05) is 18.1 Å². The van der Waals surface area contributed by atoms with Crippen molar-refractivity contribution < 1.29 is 23.3 Å². The van der Waals surface area contributed by atoms with Gasteiger partial charge in [0.1, 0.15) is 0 Å². The molecule has 3 rings (SSSR count). The fourth-order valence-electron chi connectivity index (χ4n) is 2.12. The summed E-state index contributed by atoms with van der Waals surface area (Å²) in [6.07, 6.45) is 7.07. The van der Waals surface area contributed by atoms with Crippen molar-refractivity contribution in [1.29, 1.82) is 0 Å². The predicted molar refractivity (Wildman–Crippen MR) is 77.1 cm³/mol. The minimum absolute atomic E-state index is 0.938. The molecule has 0 unspecified atom stereocenters. The van der Waals surface area contributed by atoms with Crippen LogP contribution in [0.25, 0.3) is 11.4 Å². The second kappa shape index (κ2) is 7.06. The molecule has 0 aliphatic heterocycles. The van der Waals surface area contributed by atoms with E-state index in [9.17, 15) is 0 Å². The van der Waals surface area contributed by atoms with Crippen LogP contribution in [0.3, 0.4) is 0 Å². The molecule has 1 aromatic carbocycles. The van der Waals surface area contributed by atoms with Crippen LogP contribution >= 0.6 is 9.42 Å². The summed E-state index contributed by atoms with van der Waals surface area (Å²) in [7, 11) is 6.56. The molecule has 3 aromatic rings. The van der Waals surface area contributed by atoms with E-state index < -0.39 is 0 Å². The summed E-state index contributed by atoms with van der Waals surface area (Å²) in [5.41, 5.74) is 4.00. The van der Waals surface area contributed by atoms with Gasteiger partial charge in [-0.1, -0.05) is 11.4 Å². The first-order chi connectivity index (χ1) is 10.1. The number of rotatable bonds is 2. The zero-order valence-electron chi connectivity index (χ0n) is 11.9. The van der Waals surface area contributed by atoms with Crippen LogP contribution in [0.5, 0.6) is 0 Å². The van der Waals surface area contributed by atoms with Gasteiger partial charge in [-0.15, -0.1) is 6.07 Å². The average molecular weight is 482 g/mol. The third-order valence-corrected chi connectivity index (χ3v) is 2.97. The van der Waals surface area contributed by atoms with Gasteiger partial charge in [-0.25, -0.2) is 0 Å². The summed E-state index contributed by atoms with van der Waals surface area (Å²) in [4.78, 5) is 0. The van der Waals surface area contributed by atoms with Crippen LogP contribution in [0.1, 0.15) is 11.4 Å². The number of benzene rings is 1. The standard InChI is InChI=1S/C15H15N4.ClH.Pt/c1-12-9-13(2)19(16-12)15-6-4-5-14(10-15)18-8-7-17(3)11-18;;/h4-9H,1-3H3;1H;/q-1;;+1/p-1. The van der Waals surface area contributed by atoms with Gasteiger partial charge in [0.25, 0.3) is 0 Å². The second-order valence-corrected chi connectivity index (χ2v) is 4.64. The van der Waals surface area contributed by atoms with Crippen LogP contribution in [0.4, 0.5) is 0 Å². The molecular weight excluding hydrogens is 467 g/mol. The van der Waals surface area contributed by atoms with Crippen LogP contribution in [-0.4, -0.2) is 14.3 Å². The summed E-state index contributed by atoms with van der Waals surface area (Å²) in [6, 6.07) is 11.4. The first kappa shape index (κ1) is 16.0. The molecule has 0 amide bonds. The van der Waals surface area contributed by atoms with Gasteiger partial charge < -0.3 is 9.13 Å². The molecule has 0 fully saturated rings. The summed E-state index contributed by atoms with van der Waals surface area (Å²) < 4.78 is 5.70. The van der Waals surface area contributed by atoms with Crippen LogP contribution in [0.15, 0.2) is 36.7 Å². The molecule has 0 saturated heterocycles. The number of aryl methyl sites for hydroxylation is 3. The second-order valence-electron chi connectivity index (χ2n) is 4.64. The van der Waals surface area contributed by atoms with E-state index in [-0.39, 0.29) is 0 Å². The normalized spacial score (nSPS) is 10.2. The van der Waals surface area contributed by atoms with Gasteiger partial charge >= 0.3 is 28.2 Å². The van der Waals surface area contributed by atoms with E-state index in [4.69, 9.17) is 0 Å². The van der Waals surface area contributed by atoms with Crippen LogP contribution in [0, 0.1) is 26.2 Å². The Morgan fingerprint density at radius 3 is 2.52 bits per heavy atom. The first-order valence-corrected chi connectivity index (χ1v) is 9.09. The maximum absolute atomic E-state index is 4.61. The molecule has 0 saturated carbocycles. The summed E-state index contributed by atoms with van der Waals surface area (Å²) >= 11 is 1.61. The fraction of sp³-hybridized carbons (Fsp3) is 0.200. The molecule has 113 valence electrons. The quantitative estimate of drug-likeness (QED) is 0.408. The third-order valence-electron chi connectivity index (χ3n) is 2.97. The van der Waals surface area contributed by atoms with Crippen LogP contribution in [-0.2, 0) is 25.8 Å². The molecule has 0 radical (unpaired) electrons. The number of aromatic nitrogens is 4. The molecule has 4 nitrogen and oxygen atoms in total. The molecule has 2 heterocycles. The monoisotopic (exact) mass is 481 g/mol. The number of halogens is 1. The van der Waals surface area contributed by atoms with Gasteiger partial charge in [-0.2, -0.15) is 23.3 Å². The SMILES string of the molecule is Cc1cc(C)n(-c2[c-]c(-n3[c-][n+](C)cc3)ccc2)n1.[Cl][Pt]. The molecule has 0 atom stereocenters. The third kappa shape index (κ3) is 3.63. The Kier molecular flexibility index (Phi) is 5.38. The molecule has 0 spiro atoms. The van der Waals surface area contributed by atoms with E-state index in [1.54, 1.807) is 18.8 Å². The van der Waals surface area contributed by atoms with Crippen molar-refractivity contribution in [2.45, 2.75) is 13.8 Å². The minimum atomic E-state index is 0.938. The van der Waals surface area contributed by atoms with Crippen LogP contribution in [0.2, 0.25) is 0 Å². The molecule has 0 N–H and O–H groups in total. The van der Waals surface area contributed by atoms with Gasteiger partial charge in [-0.3, -0.25) is 4.68 Å². The molecular formula is C15H15ClN4Pt-. The summed E-state index contributed by atoms with van der Waals surface area (Å²) in [5, 5.41) is 4.48. The Labute approximate surface area is 139 Å².